The molecule has 118 valence electrons. The van der Waals surface area contributed by atoms with E-state index in [1.165, 1.54) is 29.8 Å². The third-order valence-electron chi connectivity index (χ3n) is 2.87. The molecule has 0 aliphatic carbocycles. The Bertz CT molecular complexity index is 866. The Morgan fingerprint density at radius 1 is 1.35 bits per heavy atom. The van der Waals surface area contributed by atoms with Crippen LogP contribution in [0.3, 0.4) is 0 Å². The van der Waals surface area contributed by atoms with Gasteiger partial charge < -0.3 is 10.1 Å². The van der Waals surface area contributed by atoms with E-state index in [-0.39, 0.29) is 6.10 Å². The molecule has 2 heterocycles. The van der Waals surface area contributed by atoms with E-state index in [0.717, 1.165) is 0 Å². The molecule has 1 N–H and O–H groups in total. The molecule has 0 unspecified atom stereocenters. The first-order chi connectivity index (χ1) is 11.1. The van der Waals surface area contributed by atoms with Crippen LogP contribution in [0.4, 0.5) is 15.9 Å². The van der Waals surface area contributed by atoms with E-state index in [1.54, 1.807) is 6.07 Å². The van der Waals surface area contributed by atoms with Gasteiger partial charge in [0.25, 0.3) is 0 Å². The summed E-state index contributed by atoms with van der Waals surface area (Å²) < 4.78 is 19.1. The van der Waals surface area contributed by atoms with Crippen LogP contribution in [0.5, 0.6) is 5.75 Å². The van der Waals surface area contributed by atoms with E-state index in [9.17, 15) is 9.18 Å². The van der Waals surface area contributed by atoms with Crippen molar-refractivity contribution in [2.45, 2.75) is 20.0 Å². The van der Waals surface area contributed by atoms with Crippen LogP contribution in [0.2, 0.25) is 0 Å². The Labute approximate surface area is 135 Å². The number of carbonyl (C=O) groups is 1. The molecule has 1 aromatic carbocycles. The zero-order valence-corrected chi connectivity index (χ0v) is 13.2. The number of aromatic nitrogens is 3. The maximum absolute atomic E-state index is 13.5. The summed E-state index contributed by atoms with van der Waals surface area (Å²) in [6, 6.07) is 4.19. The van der Waals surface area contributed by atoms with E-state index in [4.69, 9.17) is 4.74 Å². The van der Waals surface area contributed by atoms with Crippen LogP contribution < -0.4 is 10.1 Å². The number of hydrogen-bond acceptors (Lipinski definition) is 7. The molecule has 0 fully saturated rings. The second-order valence-corrected chi connectivity index (χ2v) is 5.99. The Balaban J connectivity index is 2.02. The minimum absolute atomic E-state index is 0.108. The standard InChI is InChI=1S/C15H13FN4O2S/c1-8(2)22-11-5-9(16)3-4-10(11)19-14-13-15(18-7-17-14)23-12(6-21)20-13/h3-8H,1-2H3,(H,17,18,19). The van der Waals surface area contributed by atoms with Crippen molar-refractivity contribution >= 4 is 39.5 Å². The first kappa shape index (κ1) is 15.3. The van der Waals surface area contributed by atoms with Gasteiger partial charge in [0.2, 0.25) is 0 Å². The van der Waals surface area contributed by atoms with Crippen LogP contribution in [-0.4, -0.2) is 27.3 Å². The summed E-state index contributed by atoms with van der Waals surface area (Å²) in [5.41, 5.74) is 1.04. The van der Waals surface area contributed by atoms with Gasteiger partial charge in [-0.05, 0) is 26.0 Å². The van der Waals surface area contributed by atoms with Gasteiger partial charge >= 0.3 is 0 Å². The Morgan fingerprint density at radius 2 is 2.17 bits per heavy atom. The van der Waals surface area contributed by atoms with Gasteiger partial charge in [-0.25, -0.2) is 19.3 Å². The predicted octanol–water partition coefficient (Wildman–Crippen LogP) is 3.57. The summed E-state index contributed by atoms with van der Waals surface area (Å²) in [6.45, 7) is 3.71. The maximum atomic E-state index is 13.5. The van der Waals surface area contributed by atoms with Crippen molar-refractivity contribution in [1.29, 1.82) is 0 Å². The molecule has 2 aromatic heterocycles. The Kier molecular flexibility index (Phi) is 4.16. The highest BCUT2D eigenvalue weighted by Crippen LogP contribution is 2.32. The lowest BCUT2D eigenvalue weighted by atomic mass is 10.2. The topological polar surface area (TPSA) is 77.0 Å². The molecule has 0 atom stereocenters. The Morgan fingerprint density at radius 3 is 2.91 bits per heavy atom. The van der Waals surface area contributed by atoms with Gasteiger partial charge in [0.05, 0.1) is 11.8 Å². The molecule has 0 bridgehead atoms. The van der Waals surface area contributed by atoms with E-state index in [0.29, 0.717) is 38.9 Å². The van der Waals surface area contributed by atoms with Gasteiger partial charge in [0, 0.05) is 6.07 Å². The molecule has 0 saturated carbocycles. The molecule has 8 heteroatoms. The molecule has 0 aliphatic rings. The van der Waals surface area contributed by atoms with E-state index >= 15 is 0 Å². The van der Waals surface area contributed by atoms with Crippen molar-refractivity contribution in [3.8, 4) is 5.75 Å². The largest absolute Gasteiger partial charge is 0.489 e. The van der Waals surface area contributed by atoms with E-state index in [1.807, 2.05) is 13.8 Å². The molecule has 0 amide bonds. The van der Waals surface area contributed by atoms with Gasteiger partial charge in [0.1, 0.15) is 28.2 Å². The van der Waals surface area contributed by atoms with Crippen molar-refractivity contribution < 1.29 is 13.9 Å². The van der Waals surface area contributed by atoms with Gasteiger partial charge in [-0.15, -0.1) is 0 Å². The minimum atomic E-state index is -0.393. The fourth-order valence-corrected chi connectivity index (χ4v) is 2.71. The second-order valence-electron chi connectivity index (χ2n) is 4.98. The smallest absolute Gasteiger partial charge is 0.178 e. The quantitative estimate of drug-likeness (QED) is 0.720. The van der Waals surface area contributed by atoms with Crippen molar-refractivity contribution in [3.05, 3.63) is 35.4 Å². The highest BCUT2D eigenvalue weighted by atomic mass is 32.1. The maximum Gasteiger partial charge on any atom is 0.178 e. The highest BCUT2D eigenvalue weighted by Gasteiger charge is 2.13. The summed E-state index contributed by atoms with van der Waals surface area (Å²) in [7, 11) is 0. The molecule has 0 radical (unpaired) electrons. The number of hydrogen-bond donors (Lipinski definition) is 1. The van der Waals surface area contributed by atoms with Gasteiger partial charge in [-0.2, -0.15) is 0 Å². The molecule has 0 saturated heterocycles. The van der Waals surface area contributed by atoms with Crippen LogP contribution in [0, 0.1) is 5.82 Å². The van der Waals surface area contributed by atoms with Crippen LogP contribution in [-0.2, 0) is 0 Å². The summed E-state index contributed by atoms with van der Waals surface area (Å²) >= 11 is 1.18. The van der Waals surface area contributed by atoms with Crippen LogP contribution >= 0.6 is 11.3 Å². The Hall–Kier alpha value is -2.61. The monoisotopic (exact) mass is 332 g/mol. The zero-order chi connectivity index (χ0) is 16.4. The molecule has 3 aromatic rings. The zero-order valence-electron chi connectivity index (χ0n) is 12.4. The fourth-order valence-electron chi connectivity index (χ4n) is 1.99. The number of fused-ring (bicyclic) bond motifs is 1. The first-order valence-electron chi connectivity index (χ1n) is 6.86. The van der Waals surface area contributed by atoms with Gasteiger partial charge in [-0.3, -0.25) is 4.79 Å². The second kappa shape index (κ2) is 6.25. The predicted molar refractivity (Wildman–Crippen MR) is 86.0 cm³/mol. The minimum Gasteiger partial charge on any atom is -0.489 e. The fraction of sp³-hybridized carbons (Fsp3) is 0.200. The summed E-state index contributed by atoms with van der Waals surface area (Å²) in [4.78, 5) is 23.9. The van der Waals surface area contributed by atoms with E-state index < -0.39 is 5.82 Å². The lowest BCUT2D eigenvalue weighted by molar-refractivity contribution is 0.112. The number of ether oxygens (including phenoxy) is 1. The normalized spacial score (nSPS) is 11.0. The third kappa shape index (κ3) is 3.26. The summed E-state index contributed by atoms with van der Waals surface area (Å²) in [5.74, 6) is 0.410. The molecule has 3 rings (SSSR count). The van der Waals surface area contributed by atoms with Crippen LogP contribution in [0.25, 0.3) is 10.3 Å². The SMILES string of the molecule is CC(C)Oc1cc(F)ccc1Nc1ncnc2sc(C=O)nc12. The number of nitrogens with one attached hydrogen (secondary N) is 1. The van der Waals surface area contributed by atoms with Crippen molar-refractivity contribution in [2.75, 3.05) is 5.32 Å². The van der Waals surface area contributed by atoms with Crippen molar-refractivity contribution in [1.82, 2.24) is 15.0 Å². The number of thiazole rings is 1. The number of nitrogens with zero attached hydrogens (tertiary/aromatic N) is 3. The molecule has 0 spiro atoms. The first-order valence-corrected chi connectivity index (χ1v) is 7.68. The molecular weight excluding hydrogens is 319 g/mol. The summed E-state index contributed by atoms with van der Waals surface area (Å²) in [5, 5.41) is 3.39. The number of benzene rings is 1. The molecule has 23 heavy (non-hydrogen) atoms. The lowest BCUT2D eigenvalue weighted by Crippen LogP contribution is -2.08. The van der Waals surface area contributed by atoms with Crippen LogP contribution in [0.15, 0.2) is 24.5 Å². The van der Waals surface area contributed by atoms with Crippen LogP contribution in [0.1, 0.15) is 23.6 Å². The van der Waals surface area contributed by atoms with Crippen molar-refractivity contribution in [2.24, 2.45) is 0 Å². The van der Waals surface area contributed by atoms with Crippen molar-refractivity contribution in [3.63, 3.8) is 0 Å². The lowest BCUT2D eigenvalue weighted by Gasteiger charge is -2.15. The van der Waals surface area contributed by atoms with E-state index in [2.05, 4.69) is 20.3 Å². The highest BCUT2D eigenvalue weighted by molar-refractivity contribution is 7.19. The number of anilines is 2. The average Bonchev–Trinajstić information content (AvgIpc) is 2.93. The average molecular weight is 332 g/mol. The molecule has 0 aliphatic heterocycles. The van der Waals surface area contributed by atoms with Gasteiger partial charge in [-0.1, -0.05) is 11.3 Å². The number of aldehydes is 1. The molecule has 6 nitrogen and oxygen atoms in total. The number of rotatable bonds is 5. The number of halogens is 1. The molecular formula is C15H13FN4O2S. The third-order valence-corrected chi connectivity index (χ3v) is 3.76. The number of carbonyl (C=O) groups excluding carboxylic acids is 1. The summed E-state index contributed by atoms with van der Waals surface area (Å²) in [6.07, 6.45) is 1.94. The van der Waals surface area contributed by atoms with Gasteiger partial charge in [0.15, 0.2) is 17.1 Å².